The van der Waals surface area contributed by atoms with Gasteiger partial charge in [0.15, 0.2) is 0 Å². The van der Waals surface area contributed by atoms with E-state index in [1.54, 1.807) is 24.0 Å². The minimum atomic E-state index is -0.454. The Morgan fingerprint density at radius 3 is 2.62 bits per heavy atom. The average Bonchev–Trinajstić information content (AvgIpc) is 2.50. The fourth-order valence-corrected chi connectivity index (χ4v) is 1.84. The third kappa shape index (κ3) is 2.79. The highest BCUT2D eigenvalue weighted by Crippen LogP contribution is 2.14. The second-order valence-electron chi connectivity index (χ2n) is 3.95. The van der Waals surface area contributed by atoms with Crippen molar-refractivity contribution >= 4 is 28.9 Å². The summed E-state index contributed by atoms with van der Waals surface area (Å²) in [6.07, 6.45) is 1.61. The van der Waals surface area contributed by atoms with Gasteiger partial charge in [0.2, 0.25) is 5.91 Å². The number of aryl methyl sites for hydroxylation is 1. The summed E-state index contributed by atoms with van der Waals surface area (Å²) in [5, 5.41) is 6.70. The van der Waals surface area contributed by atoms with E-state index in [0.717, 1.165) is 0 Å². The number of carbonyl (C=O) groups is 1. The van der Waals surface area contributed by atoms with Crippen LogP contribution in [0.25, 0.3) is 0 Å². The van der Waals surface area contributed by atoms with Gasteiger partial charge in [0, 0.05) is 13.1 Å². The first kappa shape index (κ1) is 12.6. The Morgan fingerprint density at radius 1 is 1.62 bits per heavy atom. The molecule has 0 spiro atoms. The van der Waals surface area contributed by atoms with Crippen LogP contribution in [0.15, 0.2) is 12.3 Å². The van der Waals surface area contributed by atoms with E-state index in [1.165, 1.54) is 0 Å². The number of hydrogen-bond donors (Lipinski definition) is 2. The van der Waals surface area contributed by atoms with Gasteiger partial charge in [-0.1, -0.05) is 26.1 Å². The van der Waals surface area contributed by atoms with E-state index < -0.39 is 5.92 Å². The predicted octanol–water partition coefficient (Wildman–Crippen LogP) is 0.917. The molecule has 1 heterocycles. The first-order chi connectivity index (χ1) is 7.43. The zero-order valence-corrected chi connectivity index (χ0v) is 10.4. The summed E-state index contributed by atoms with van der Waals surface area (Å²) in [6.45, 7) is 3.82. The summed E-state index contributed by atoms with van der Waals surface area (Å²) in [7, 11) is 1.75. The second kappa shape index (κ2) is 5.07. The van der Waals surface area contributed by atoms with Crippen LogP contribution in [-0.4, -0.2) is 20.7 Å². The van der Waals surface area contributed by atoms with Gasteiger partial charge in [0.05, 0.1) is 17.1 Å². The van der Waals surface area contributed by atoms with Crippen molar-refractivity contribution in [3.63, 3.8) is 0 Å². The summed E-state index contributed by atoms with van der Waals surface area (Å²) in [4.78, 5) is 12.1. The van der Waals surface area contributed by atoms with Gasteiger partial charge >= 0.3 is 0 Å². The Hall–Kier alpha value is -1.43. The normalized spacial score (nSPS) is 12.5. The minimum Gasteiger partial charge on any atom is -0.393 e. The Kier molecular flexibility index (Phi) is 4.00. The Morgan fingerprint density at radius 2 is 2.25 bits per heavy atom. The monoisotopic (exact) mass is 240 g/mol. The summed E-state index contributed by atoms with van der Waals surface area (Å²) in [5.41, 5.74) is 5.55. The zero-order valence-electron chi connectivity index (χ0n) is 9.60. The van der Waals surface area contributed by atoms with Crippen molar-refractivity contribution in [1.82, 2.24) is 9.78 Å². The molecule has 0 aliphatic carbocycles. The molecule has 16 heavy (non-hydrogen) atoms. The first-order valence-corrected chi connectivity index (χ1v) is 5.42. The number of hydrogen-bond acceptors (Lipinski definition) is 3. The molecule has 3 N–H and O–H groups in total. The number of carbonyl (C=O) groups excluding carboxylic acids is 1. The Balaban J connectivity index is 2.78. The van der Waals surface area contributed by atoms with Gasteiger partial charge in [0.1, 0.15) is 5.82 Å². The predicted molar refractivity (Wildman–Crippen MR) is 67.0 cm³/mol. The lowest BCUT2D eigenvalue weighted by atomic mass is 9.95. The van der Waals surface area contributed by atoms with Crippen LogP contribution in [0.1, 0.15) is 13.8 Å². The molecule has 0 bridgehead atoms. The SMILES string of the molecule is CC(C)C(C(=O)Nc1ccnn1C)C(N)=S. The maximum atomic E-state index is 11.9. The minimum absolute atomic E-state index is 0.0747. The molecule has 0 fully saturated rings. The van der Waals surface area contributed by atoms with Crippen molar-refractivity contribution in [2.45, 2.75) is 13.8 Å². The number of nitrogens with zero attached hydrogens (tertiary/aromatic N) is 2. The molecule has 1 rings (SSSR count). The molecule has 1 atom stereocenters. The topological polar surface area (TPSA) is 72.9 Å². The molecule has 0 saturated heterocycles. The summed E-state index contributed by atoms with van der Waals surface area (Å²) >= 11 is 4.89. The number of nitrogens with two attached hydrogens (primary N) is 1. The lowest BCUT2D eigenvalue weighted by Crippen LogP contribution is -2.37. The summed E-state index contributed by atoms with van der Waals surface area (Å²) in [6, 6.07) is 1.72. The third-order valence-electron chi connectivity index (χ3n) is 2.33. The molecule has 88 valence electrons. The molecular formula is C10H16N4OS. The van der Waals surface area contributed by atoms with Gasteiger partial charge in [0.25, 0.3) is 0 Å². The number of rotatable bonds is 4. The van der Waals surface area contributed by atoms with Crippen molar-refractivity contribution in [1.29, 1.82) is 0 Å². The fraction of sp³-hybridized carbons (Fsp3) is 0.500. The van der Waals surface area contributed by atoms with E-state index in [0.29, 0.717) is 5.82 Å². The molecule has 1 unspecified atom stereocenters. The maximum Gasteiger partial charge on any atom is 0.235 e. The molecular weight excluding hydrogens is 224 g/mol. The van der Waals surface area contributed by atoms with E-state index in [-0.39, 0.29) is 16.8 Å². The van der Waals surface area contributed by atoms with Crippen LogP contribution in [0.3, 0.4) is 0 Å². The van der Waals surface area contributed by atoms with E-state index in [2.05, 4.69) is 10.4 Å². The molecule has 0 radical (unpaired) electrons. The molecule has 1 aromatic heterocycles. The van der Waals surface area contributed by atoms with Crippen LogP contribution in [-0.2, 0) is 11.8 Å². The molecule has 1 aromatic rings. The van der Waals surface area contributed by atoms with Crippen molar-refractivity contribution in [2.75, 3.05) is 5.32 Å². The van der Waals surface area contributed by atoms with Crippen LogP contribution in [0.5, 0.6) is 0 Å². The number of anilines is 1. The largest absolute Gasteiger partial charge is 0.393 e. The Labute approximate surface area is 100 Å². The maximum absolute atomic E-state index is 11.9. The molecule has 5 nitrogen and oxygen atoms in total. The number of nitrogens with one attached hydrogen (secondary N) is 1. The number of aromatic nitrogens is 2. The molecule has 0 aliphatic heterocycles. The molecule has 0 aromatic carbocycles. The van der Waals surface area contributed by atoms with Crippen molar-refractivity contribution < 1.29 is 4.79 Å². The standard InChI is InChI=1S/C10H16N4OS/c1-6(2)8(9(11)16)10(15)13-7-4-5-12-14(7)3/h4-6,8H,1-3H3,(H2,11,16)(H,13,15). The molecule has 0 saturated carbocycles. The highest BCUT2D eigenvalue weighted by molar-refractivity contribution is 7.80. The van der Waals surface area contributed by atoms with Gasteiger partial charge < -0.3 is 11.1 Å². The molecule has 0 aliphatic rings. The first-order valence-electron chi connectivity index (χ1n) is 5.01. The Bertz CT molecular complexity index is 399. The average molecular weight is 240 g/mol. The van der Waals surface area contributed by atoms with E-state index in [4.69, 9.17) is 18.0 Å². The van der Waals surface area contributed by atoms with Crippen LogP contribution >= 0.6 is 12.2 Å². The van der Waals surface area contributed by atoms with Crippen LogP contribution in [0, 0.1) is 11.8 Å². The summed E-state index contributed by atoms with van der Waals surface area (Å²) < 4.78 is 1.58. The van der Waals surface area contributed by atoms with Gasteiger partial charge in [-0.3, -0.25) is 9.48 Å². The highest BCUT2D eigenvalue weighted by atomic mass is 32.1. The van der Waals surface area contributed by atoms with Gasteiger partial charge in [-0.15, -0.1) is 0 Å². The van der Waals surface area contributed by atoms with Crippen molar-refractivity contribution in [2.24, 2.45) is 24.6 Å². The van der Waals surface area contributed by atoms with Crippen molar-refractivity contribution in [3.8, 4) is 0 Å². The van der Waals surface area contributed by atoms with E-state index >= 15 is 0 Å². The molecule has 6 heteroatoms. The lowest BCUT2D eigenvalue weighted by molar-refractivity contribution is -0.118. The van der Waals surface area contributed by atoms with Gasteiger partial charge in [-0.2, -0.15) is 5.10 Å². The number of amides is 1. The zero-order chi connectivity index (χ0) is 12.3. The fourth-order valence-electron chi connectivity index (χ4n) is 1.46. The number of thiocarbonyl (C=S) groups is 1. The molecule has 1 amide bonds. The lowest BCUT2D eigenvalue weighted by Gasteiger charge is -2.18. The van der Waals surface area contributed by atoms with Crippen LogP contribution < -0.4 is 11.1 Å². The van der Waals surface area contributed by atoms with E-state index in [9.17, 15) is 4.79 Å². The van der Waals surface area contributed by atoms with Gasteiger partial charge in [-0.25, -0.2) is 0 Å². The quantitative estimate of drug-likeness (QED) is 0.767. The third-order valence-corrected chi connectivity index (χ3v) is 2.58. The van der Waals surface area contributed by atoms with E-state index in [1.807, 2.05) is 13.8 Å². The second-order valence-corrected chi connectivity index (χ2v) is 4.42. The summed E-state index contributed by atoms with van der Waals surface area (Å²) in [5.74, 6) is 0.0635. The highest BCUT2D eigenvalue weighted by Gasteiger charge is 2.25. The van der Waals surface area contributed by atoms with Gasteiger partial charge in [-0.05, 0) is 5.92 Å². The van der Waals surface area contributed by atoms with Crippen LogP contribution in [0.2, 0.25) is 0 Å². The van der Waals surface area contributed by atoms with Crippen LogP contribution in [0.4, 0.5) is 5.82 Å². The smallest absolute Gasteiger partial charge is 0.235 e. The van der Waals surface area contributed by atoms with Crippen molar-refractivity contribution in [3.05, 3.63) is 12.3 Å².